The van der Waals surface area contributed by atoms with E-state index in [0.29, 0.717) is 6.42 Å². The number of nitrogens with two attached hydrogens (primary N) is 1. The van der Waals surface area contributed by atoms with Crippen LogP contribution >= 0.6 is 0 Å². The van der Waals surface area contributed by atoms with E-state index in [0.717, 1.165) is 0 Å². The molecule has 0 rings (SSSR count). The molecule has 2 atom stereocenters. The second kappa shape index (κ2) is 5.84. The lowest BCUT2D eigenvalue weighted by Crippen LogP contribution is -2.42. The smallest absolute Gasteiger partial charge is 0.308 e. The highest BCUT2D eigenvalue weighted by molar-refractivity contribution is 5.81. The molecule has 0 saturated heterocycles. The minimum absolute atomic E-state index is 0.0812. The van der Waals surface area contributed by atoms with Crippen molar-refractivity contribution in [1.29, 1.82) is 0 Å². The molecule has 0 saturated carbocycles. The molecule has 1 amide bonds. The largest absolute Gasteiger partial charge is 0.481 e. The van der Waals surface area contributed by atoms with Crippen LogP contribution in [0.5, 0.6) is 0 Å². The molecule has 0 spiro atoms. The zero-order chi connectivity index (χ0) is 12.9. The fraction of sp³-hybridized carbons (Fsp3) is 0.818. The fourth-order valence-electron chi connectivity index (χ4n) is 1.37. The van der Waals surface area contributed by atoms with Gasteiger partial charge in [-0.15, -0.1) is 0 Å². The van der Waals surface area contributed by atoms with Gasteiger partial charge in [-0.2, -0.15) is 0 Å². The number of aliphatic carboxylic acids is 1. The summed E-state index contributed by atoms with van der Waals surface area (Å²) < 4.78 is 0. The Bertz CT molecular complexity index is 256. The number of carboxylic acids is 1. The van der Waals surface area contributed by atoms with Gasteiger partial charge >= 0.3 is 5.97 Å². The molecular formula is C11H22N2O3. The number of rotatable bonds is 5. The standard InChI is InChI=1S/C11H22N2O3/c1-7(12)9(14)13-6-8(10(15)16)5-11(2,3)4/h7-8H,5-6,12H2,1-4H3,(H,13,14)(H,15,16)/t7-,8?/m0/s1. The van der Waals surface area contributed by atoms with Crippen molar-refractivity contribution in [1.82, 2.24) is 5.32 Å². The number of carbonyl (C=O) groups excluding carboxylic acids is 1. The van der Waals surface area contributed by atoms with Gasteiger partial charge in [0.25, 0.3) is 0 Å². The third kappa shape index (κ3) is 6.40. The molecule has 0 aliphatic carbocycles. The maximum absolute atomic E-state index is 11.2. The summed E-state index contributed by atoms with van der Waals surface area (Å²) in [5.74, 6) is -1.78. The van der Waals surface area contributed by atoms with Crippen molar-refractivity contribution >= 4 is 11.9 Å². The van der Waals surface area contributed by atoms with E-state index in [1.807, 2.05) is 20.8 Å². The van der Waals surface area contributed by atoms with Crippen LogP contribution in [-0.4, -0.2) is 29.6 Å². The molecule has 0 aliphatic heterocycles. The Morgan fingerprint density at radius 1 is 1.38 bits per heavy atom. The lowest BCUT2D eigenvalue weighted by molar-refractivity contribution is -0.142. The summed E-state index contributed by atoms with van der Waals surface area (Å²) in [6.07, 6.45) is 0.515. The summed E-state index contributed by atoms with van der Waals surface area (Å²) in [6.45, 7) is 7.60. The molecule has 0 aromatic carbocycles. The molecule has 5 nitrogen and oxygen atoms in total. The van der Waals surface area contributed by atoms with Gasteiger partial charge in [0.05, 0.1) is 12.0 Å². The maximum Gasteiger partial charge on any atom is 0.308 e. The van der Waals surface area contributed by atoms with Crippen molar-refractivity contribution in [3.63, 3.8) is 0 Å². The molecule has 0 aromatic heterocycles. The van der Waals surface area contributed by atoms with Crippen molar-refractivity contribution < 1.29 is 14.7 Å². The lowest BCUT2D eigenvalue weighted by Gasteiger charge is -2.23. The van der Waals surface area contributed by atoms with Crippen molar-refractivity contribution in [2.45, 2.75) is 40.2 Å². The first-order valence-electron chi connectivity index (χ1n) is 5.39. The van der Waals surface area contributed by atoms with E-state index < -0.39 is 17.9 Å². The molecule has 1 unspecified atom stereocenters. The predicted molar refractivity (Wildman–Crippen MR) is 61.9 cm³/mol. The summed E-state index contributed by atoms with van der Waals surface area (Å²) in [4.78, 5) is 22.2. The van der Waals surface area contributed by atoms with Crippen LogP contribution in [0.2, 0.25) is 0 Å². The highest BCUT2D eigenvalue weighted by atomic mass is 16.4. The molecule has 16 heavy (non-hydrogen) atoms. The monoisotopic (exact) mass is 230 g/mol. The SMILES string of the molecule is C[C@H](N)C(=O)NCC(CC(C)(C)C)C(=O)O. The minimum atomic E-state index is -0.889. The van der Waals surface area contributed by atoms with Crippen LogP contribution in [-0.2, 0) is 9.59 Å². The first kappa shape index (κ1) is 14.9. The van der Waals surface area contributed by atoms with Gasteiger partial charge in [-0.05, 0) is 18.8 Å². The summed E-state index contributed by atoms with van der Waals surface area (Å²) in [6, 6.07) is -0.607. The van der Waals surface area contributed by atoms with E-state index >= 15 is 0 Å². The summed E-state index contributed by atoms with van der Waals surface area (Å²) in [5, 5.41) is 11.5. The summed E-state index contributed by atoms with van der Waals surface area (Å²) in [5.41, 5.74) is 5.28. The van der Waals surface area contributed by atoms with Gasteiger partial charge in [0.15, 0.2) is 0 Å². The van der Waals surface area contributed by atoms with Crippen molar-refractivity contribution in [2.75, 3.05) is 6.54 Å². The Kier molecular flexibility index (Phi) is 5.44. The predicted octanol–water partition coefficient (Wildman–Crippen LogP) is 0.587. The third-order valence-electron chi connectivity index (χ3n) is 2.14. The number of hydrogen-bond acceptors (Lipinski definition) is 3. The molecule has 0 aromatic rings. The van der Waals surface area contributed by atoms with Crippen molar-refractivity contribution in [3.8, 4) is 0 Å². The average Bonchev–Trinajstić information content (AvgIpc) is 2.09. The Morgan fingerprint density at radius 3 is 2.19 bits per heavy atom. The second-order valence-electron chi connectivity index (χ2n) is 5.33. The van der Waals surface area contributed by atoms with Gasteiger partial charge in [0, 0.05) is 6.54 Å². The van der Waals surface area contributed by atoms with E-state index in [9.17, 15) is 9.59 Å². The van der Waals surface area contributed by atoms with Gasteiger partial charge < -0.3 is 16.2 Å². The van der Waals surface area contributed by atoms with Crippen LogP contribution in [0, 0.1) is 11.3 Å². The number of hydrogen-bond donors (Lipinski definition) is 3. The highest BCUT2D eigenvalue weighted by Gasteiger charge is 2.25. The minimum Gasteiger partial charge on any atom is -0.481 e. The lowest BCUT2D eigenvalue weighted by atomic mass is 9.84. The van der Waals surface area contributed by atoms with Gasteiger partial charge in [0.1, 0.15) is 0 Å². The van der Waals surface area contributed by atoms with E-state index in [2.05, 4.69) is 5.32 Å². The van der Waals surface area contributed by atoms with Crippen molar-refractivity contribution in [3.05, 3.63) is 0 Å². The first-order valence-corrected chi connectivity index (χ1v) is 5.39. The second-order valence-corrected chi connectivity index (χ2v) is 5.33. The number of carbonyl (C=O) groups is 2. The topological polar surface area (TPSA) is 92.4 Å². The maximum atomic E-state index is 11.2. The molecule has 0 aliphatic rings. The van der Waals surface area contributed by atoms with Crippen molar-refractivity contribution in [2.24, 2.45) is 17.1 Å². The average molecular weight is 230 g/mol. The normalized spacial score (nSPS) is 15.3. The van der Waals surface area contributed by atoms with Gasteiger partial charge in [0.2, 0.25) is 5.91 Å². The van der Waals surface area contributed by atoms with E-state index in [4.69, 9.17) is 10.8 Å². The van der Waals surface area contributed by atoms with Crippen LogP contribution in [0.3, 0.4) is 0 Å². The molecule has 0 bridgehead atoms. The van der Waals surface area contributed by atoms with Crippen LogP contribution in [0.15, 0.2) is 0 Å². The van der Waals surface area contributed by atoms with Crippen LogP contribution in [0.4, 0.5) is 0 Å². The highest BCUT2D eigenvalue weighted by Crippen LogP contribution is 2.24. The molecular weight excluding hydrogens is 208 g/mol. The zero-order valence-corrected chi connectivity index (χ0v) is 10.4. The number of nitrogens with one attached hydrogen (secondary N) is 1. The van der Waals surface area contributed by atoms with Gasteiger partial charge in [-0.1, -0.05) is 20.8 Å². The molecule has 0 heterocycles. The summed E-state index contributed by atoms with van der Waals surface area (Å²) in [7, 11) is 0. The van der Waals surface area contributed by atoms with Crippen LogP contribution < -0.4 is 11.1 Å². The number of amides is 1. The molecule has 0 fully saturated rings. The van der Waals surface area contributed by atoms with E-state index in [1.165, 1.54) is 0 Å². The Balaban J connectivity index is 4.26. The van der Waals surface area contributed by atoms with E-state index in [-0.39, 0.29) is 17.9 Å². The molecule has 94 valence electrons. The zero-order valence-electron chi connectivity index (χ0n) is 10.4. The quantitative estimate of drug-likeness (QED) is 0.644. The van der Waals surface area contributed by atoms with Gasteiger partial charge in [-0.25, -0.2) is 0 Å². The Hall–Kier alpha value is -1.10. The Morgan fingerprint density at radius 2 is 1.88 bits per heavy atom. The molecule has 4 N–H and O–H groups in total. The van der Waals surface area contributed by atoms with Crippen LogP contribution in [0.25, 0.3) is 0 Å². The Labute approximate surface area is 96.4 Å². The van der Waals surface area contributed by atoms with Crippen LogP contribution in [0.1, 0.15) is 34.1 Å². The summed E-state index contributed by atoms with van der Waals surface area (Å²) >= 11 is 0. The molecule has 0 radical (unpaired) electrons. The fourth-order valence-corrected chi connectivity index (χ4v) is 1.37. The number of carboxylic acid groups (broad SMARTS) is 1. The third-order valence-corrected chi connectivity index (χ3v) is 2.14. The molecule has 5 heteroatoms. The first-order chi connectivity index (χ1) is 7.13. The van der Waals surface area contributed by atoms with E-state index in [1.54, 1.807) is 6.92 Å². The van der Waals surface area contributed by atoms with Gasteiger partial charge in [-0.3, -0.25) is 9.59 Å².